The fraction of sp³-hybridized carbons (Fsp3) is 0.333. The van der Waals surface area contributed by atoms with E-state index in [1.54, 1.807) is 35.2 Å². The zero-order valence-corrected chi connectivity index (χ0v) is 12.2. The van der Waals surface area contributed by atoms with Gasteiger partial charge in [-0.1, -0.05) is 0 Å². The number of nitrogen functional groups attached to an aromatic ring is 1. The van der Waals surface area contributed by atoms with Crippen LogP contribution in [0.2, 0.25) is 0 Å². The molecule has 1 heterocycles. The molecule has 5 heteroatoms. The van der Waals surface area contributed by atoms with Crippen LogP contribution >= 0.6 is 0 Å². The molecule has 0 aliphatic heterocycles. The van der Waals surface area contributed by atoms with Gasteiger partial charge < -0.3 is 15.0 Å². The van der Waals surface area contributed by atoms with Crippen molar-refractivity contribution in [2.75, 3.05) is 5.73 Å². The molecule has 0 amide bonds. The van der Waals surface area contributed by atoms with Crippen molar-refractivity contribution in [2.45, 2.75) is 33.2 Å². The zero-order valence-electron chi connectivity index (χ0n) is 12.2. The molecule has 0 spiro atoms. The van der Waals surface area contributed by atoms with E-state index in [2.05, 4.69) is 4.98 Å². The standard InChI is InChI=1S/C15H19N3O2/c1-10-9-11(5-6-12(10)16)20-13-14(19)18(8-7-17-13)15(2,3)4/h5-9H,16H2,1-4H3. The molecule has 0 bridgehead atoms. The maximum absolute atomic E-state index is 12.3. The van der Waals surface area contributed by atoms with Crippen molar-refractivity contribution in [2.24, 2.45) is 0 Å². The lowest BCUT2D eigenvalue weighted by molar-refractivity contribution is 0.363. The zero-order chi connectivity index (χ0) is 14.9. The van der Waals surface area contributed by atoms with Gasteiger partial charge in [0.2, 0.25) is 0 Å². The normalized spacial score (nSPS) is 11.4. The van der Waals surface area contributed by atoms with E-state index in [0.29, 0.717) is 11.4 Å². The third-order valence-electron chi connectivity index (χ3n) is 2.99. The second-order valence-corrected chi connectivity index (χ2v) is 5.70. The van der Waals surface area contributed by atoms with Crippen molar-refractivity contribution in [1.29, 1.82) is 0 Å². The van der Waals surface area contributed by atoms with E-state index < -0.39 is 0 Å². The molecule has 2 N–H and O–H groups in total. The number of aromatic nitrogens is 2. The Bertz CT molecular complexity index is 684. The second kappa shape index (κ2) is 5.00. The number of rotatable bonds is 2. The Morgan fingerprint density at radius 3 is 2.60 bits per heavy atom. The predicted molar refractivity (Wildman–Crippen MR) is 79.2 cm³/mol. The molecular weight excluding hydrogens is 254 g/mol. The molecule has 20 heavy (non-hydrogen) atoms. The maximum Gasteiger partial charge on any atom is 0.314 e. The summed E-state index contributed by atoms with van der Waals surface area (Å²) in [6.07, 6.45) is 3.22. The molecule has 0 aliphatic carbocycles. The highest BCUT2D eigenvalue weighted by molar-refractivity contribution is 5.50. The van der Waals surface area contributed by atoms with Gasteiger partial charge >= 0.3 is 5.56 Å². The fourth-order valence-electron chi connectivity index (χ4n) is 1.82. The molecule has 0 fully saturated rings. The van der Waals surface area contributed by atoms with E-state index in [-0.39, 0.29) is 17.0 Å². The van der Waals surface area contributed by atoms with Gasteiger partial charge in [-0.15, -0.1) is 0 Å². The molecule has 5 nitrogen and oxygen atoms in total. The number of hydrogen-bond acceptors (Lipinski definition) is 4. The van der Waals surface area contributed by atoms with E-state index in [4.69, 9.17) is 10.5 Å². The summed E-state index contributed by atoms with van der Waals surface area (Å²) in [6, 6.07) is 5.25. The van der Waals surface area contributed by atoms with Gasteiger partial charge in [0.15, 0.2) is 0 Å². The molecular formula is C15H19N3O2. The quantitative estimate of drug-likeness (QED) is 0.854. The van der Waals surface area contributed by atoms with Crippen LogP contribution in [0.5, 0.6) is 11.6 Å². The maximum atomic E-state index is 12.3. The Morgan fingerprint density at radius 1 is 1.30 bits per heavy atom. The van der Waals surface area contributed by atoms with Crippen LogP contribution in [0, 0.1) is 6.92 Å². The Morgan fingerprint density at radius 2 is 2.00 bits per heavy atom. The highest BCUT2D eigenvalue weighted by Crippen LogP contribution is 2.22. The van der Waals surface area contributed by atoms with Gasteiger partial charge in [0.1, 0.15) is 5.75 Å². The lowest BCUT2D eigenvalue weighted by Gasteiger charge is -2.22. The van der Waals surface area contributed by atoms with Crippen LogP contribution in [0.25, 0.3) is 0 Å². The molecule has 0 saturated carbocycles. The topological polar surface area (TPSA) is 70.1 Å². The van der Waals surface area contributed by atoms with Crippen molar-refractivity contribution in [3.8, 4) is 11.6 Å². The third-order valence-corrected chi connectivity index (χ3v) is 2.99. The first kappa shape index (κ1) is 14.1. The van der Waals surface area contributed by atoms with Crippen LogP contribution in [-0.2, 0) is 5.54 Å². The van der Waals surface area contributed by atoms with Crippen molar-refractivity contribution < 1.29 is 4.74 Å². The van der Waals surface area contributed by atoms with Gasteiger partial charge in [-0.2, -0.15) is 0 Å². The van der Waals surface area contributed by atoms with E-state index in [1.165, 1.54) is 0 Å². The summed E-state index contributed by atoms with van der Waals surface area (Å²) in [6.45, 7) is 7.73. The first-order chi connectivity index (χ1) is 9.29. The number of benzene rings is 1. The number of nitrogens with two attached hydrogens (primary N) is 1. The van der Waals surface area contributed by atoms with Gasteiger partial charge in [-0.3, -0.25) is 4.79 Å². The van der Waals surface area contributed by atoms with Crippen molar-refractivity contribution in [3.05, 3.63) is 46.5 Å². The smallest absolute Gasteiger partial charge is 0.314 e. The summed E-state index contributed by atoms with van der Waals surface area (Å²) in [5, 5.41) is 0. The van der Waals surface area contributed by atoms with Crippen LogP contribution in [-0.4, -0.2) is 9.55 Å². The van der Waals surface area contributed by atoms with E-state index in [1.807, 2.05) is 27.7 Å². The number of hydrogen-bond donors (Lipinski definition) is 1. The summed E-state index contributed by atoms with van der Waals surface area (Å²) >= 11 is 0. The summed E-state index contributed by atoms with van der Waals surface area (Å²) in [5.41, 5.74) is 6.76. The van der Waals surface area contributed by atoms with Gasteiger partial charge in [-0.25, -0.2) is 4.98 Å². The Hall–Kier alpha value is -2.30. The lowest BCUT2D eigenvalue weighted by Crippen LogP contribution is -2.34. The van der Waals surface area contributed by atoms with Gasteiger partial charge in [0.25, 0.3) is 5.88 Å². The Labute approximate surface area is 118 Å². The molecule has 2 rings (SSSR count). The number of aryl methyl sites for hydroxylation is 1. The van der Waals surface area contributed by atoms with Gasteiger partial charge in [0, 0.05) is 23.6 Å². The summed E-state index contributed by atoms with van der Waals surface area (Å²) in [5.74, 6) is 0.611. The first-order valence-electron chi connectivity index (χ1n) is 6.41. The minimum Gasteiger partial charge on any atom is -0.435 e. The SMILES string of the molecule is Cc1cc(Oc2nccn(C(C)(C)C)c2=O)ccc1N. The van der Waals surface area contributed by atoms with E-state index in [0.717, 1.165) is 5.56 Å². The third kappa shape index (κ3) is 2.82. The predicted octanol–water partition coefficient (Wildman–Crippen LogP) is 2.68. The Kier molecular flexibility index (Phi) is 3.53. The van der Waals surface area contributed by atoms with Crippen LogP contribution < -0.4 is 16.0 Å². The molecule has 0 atom stereocenters. The van der Waals surface area contributed by atoms with Crippen LogP contribution in [0.15, 0.2) is 35.4 Å². The van der Waals surface area contributed by atoms with Gasteiger partial charge in [0.05, 0.1) is 0 Å². The molecule has 0 saturated heterocycles. The van der Waals surface area contributed by atoms with Crippen LogP contribution in [0.4, 0.5) is 5.69 Å². The molecule has 0 unspecified atom stereocenters. The minimum atomic E-state index is -0.324. The summed E-state index contributed by atoms with van der Waals surface area (Å²) in [7, 11) is 0. The minimum absolute atomic E-state index is 0.0617. The monoisotopic (exact) mass is 273 g/mol. The van der Waals surface area contributed by atoms with Gasteiger partial charge in [-0.05, 0) is 51.5 Å². The summed E-state index contributed by atoms with van der Waals surface area (Å²) < 4.78 is 7.18. The second-order valence-electron chi connectivity index (χ2n) is 5.70. The number of anilines is 1. The molecule has 1 aromatic heterocycles. The number of ether oxygens (including phenoxy) is 1. The van der Waals surface area contributed by atoms with Crippen molar-refractivity contribution in [1.82, 2.24) is 9.55 Å². The van der Waals surface area contributed by atoms with E-state index in [9.17, 15) is 4.79 Å². The summed E-state index contributed by atoms with van der Waals surface area (Å²) in [4.78, 5) is 16.3. The average Bonchev–Trinajstić information content (AvgIpc) is 2.35. The molecule has 0 aliphatic rings. The highest BCUT2D eigenvalue weighted by atomic mass is 16.5. The molecule has 106 valence electrons. The molecule has 1 aromatic carbocycles. The Balaban J connectivity index is 2.40. The largest absolute Gasteiger partial charge is 0.435 e. The average molecular weight is 273 g/mol. The molecule has 2 aromatic rings. The van der Waals surface area contributed by atoms with E-state index >= 15 is 0 Å². The lowest BCUT2D eigenvalue weighted by atomic mass is 10.1. The first-order valence-corrected chi connectivity index (χ1v) is 6.41. The molecule has 0 radical (unpaired) electrons. The van der Waals surface area contributed by atoms with Crippen LogP contribution in [0.3, 0.4) is 0 Å². The highest BCUT2D eigenvalue weighted by Gasteiger charge is 2.17. The van der Waals surface area contributed by atoms with Crippen LogP contribution in [0.1, 0.15) is 26.3 Å². The number of nitrogens with zero attached hydrogens (tertiary/aromatic N) is 2. The van der Waals surface area contributed by atoms with Crippen molar-refractivity contribution >= 4 is 5.69 Å². The van der Waals surface area contributed by atoms with Crippen molar-refractivity contribution in [3.63, 3.8) is 0 Å². The fourth-order valence-corrected chi connectivity index (χ4v) is 1.82.